The monoisotopic (exact) mass is 462 g/mol. The van der Waals surface area contributed by atoms with Crippen molar-refractivity contribution in [3.8, 4) is 11.1 Å². The van der Waals surface area contributed by atoms with Crippen LogP contribution in [0.15, 0.2) is 48.5 Å². The number of fused-ring (bicyclic) bond motifs is 3. The minimum absolute atomic E-state index is 0.0284. The van der Waals surface area contributed by atoms with Gasteiger partial charge in [-0.25, -0.2) is 9.59 Å². The van der Waals surface area contributed by atoms with Crippen LogP contribution >= 0.6 is 0 Å². The highest BCUT2D eigenvalue weighted by atomic mass is 16.5. The Morgan fingerprint density at radius 2 is 1.62 bits per heavy atom. The van der Waals surface area contributed by atoms with Crippen molar-refractivity contribution in [3.63, 3.8) is 0 Å². The highest BCUT2D eigenvalue weighted by Gasteiger charge is 2.52. The van der Waals surface area contributed by atoms with Crippen LogP contribution in [0.25, 0.3) is 11.1 Å². The predicted octanol–water partition coefficient (Wildman–Crippen LogP) is 4.16. The van der Waals surface area contributed by atoms with Gasteiger partial charge in [0.15, 0.2) is 0 Å². The van der Waals surface area contributed by atoms with Gasteiger partial charge in [0, 0.05) is 19.0 Å². The van der Waals surface area contributed by atoms with Crippen LogP contribution in [0.2, 0.25) is 0 Å². The van der Waals surface area contributed by atoms with Gasteiger partial charge in [-0.2, -0.15) is 0 Å². The first-order valence-electron chi connectivity index (χ1n) is 12.0. The average molecular weight is 463 g/mol. The van der Waals surface area contributed by atoms with Crippen molar-refractivity contribution in [2.45, 2.75) is 56.0 Å². The Morgan fingerprint density at radius 1 is 1.00 bits per heavy atom. The number of hydrogen-bond acceptors (Lipinski definition) is 4. The Bertz CT molecular complexity index is 1080. The number of rotatable bonds is 6. The summed E-state index contributed by atoms with van der Waals surface area (Å²) in [5.41, 5.74) is 3.52. The van der Waals surface area contributed by atoms with Crippen LogP contribution in [0, 0.1) is 5.92 Å². The fraction of sp³-hybridized carbons (Fsp3) is 0.444. The van der Waals surface area contributed by atoms with E-state index in [0.29, 0.717) is 25.7 Å². The lowest BCUT2D eigenvalue weighted by atomic mass is 9.75. The summed E-state index contributed by atoms with van der Waals surface area (Å²) in [6, 6.07) is 16.0. The zero-order valence-electron chi connectivity index (χ0n) is 19.3. The van der Waals surface area contributed by atoms with Gasteiger partial charge in [-0.3, -0.25) is 4.79 Å². The lowest BCUT2D eigenvalue weighted by molar-refractivity contribution is -0.166. The molecule has 2 aromatic rings. The molecule has 2 aromatic carbocycles. The summed E-state index contributed by atoms with van der Waals surface area (Å²) in [4.78, 5) is 39.2. The number of nitrogens with one attached hydrogen (secondary N) is 1. The van der Waals surface area contributed by atoms with Crippen LogP contribution in [0.3, 0.4) is 0 Å². The number of carboxylic acid groups (broad SMARTS) is 1. The number of alkyl carbamates (subject to hydrolysis) is 1. The van der Waals surface area contributed by atoms with E-state index in [1.165, 1.54) is 16.0 Å². The van der Waals surface area contributed by atoms with Gasteiger partial charge in [-0.05, 0) is 54.4 Å². The van der Waals surface area contributed by atoms with E-state index < -0.39 is 23.5 Å². The van der Waals surface area contributed by atoms with Gasteiger partial charge in [0.1, 0.15) is 12.1 Å². The van der Waals surface area contributed by atoms with Gasteiger partial charge < -0.3 is 20.1 Å². The van der Waals surface area contributed by atoms with Crippen molar-refractivity contribution in [3.05, 3.63) is 59.7 Å². The summed E-state index contributed by atoms with van der Waals surface area (Å²) in [5.74, 6) is -1.61. The largest absolute Gasteiger partial charge is 0.479 e. The van der Waals surface area contributed by atoms with Crippen molar-refractivity contribution < 1.29 is 24.2 Å². The third-order valence-electron chi connectivity index (χ3n) is 8.03. The molecule has 0 aliphatic heterocycles. The Hall–Kier alpha value is -3.35. The van der Waals surface area contributed by atoms with E-state index in [1.54, 1.807) is 7.05 Å². The van der Waals surface area contributed by atoms with Crippen LogP contribution in [0.5, 0.6) is 0 Å². The smallest absolute Gasteiger partial charge is 0.407 e. The minimum atomic E-state index is -1.10. The van der Waals surface area contributed by atoms with Crippen molar-refractivity contribution in [1.29, 1.82) is 0 Å². The summed E-state index contributed by atoms with van der Waals surface area (Å²) < 4.78 is 5.66. The summed E-state index contributed by atoms with van der Waals surface area (Å²) in [6.07, 6.45) is 3.32. The summed E-state index contributed by atoms with van der Waals surface area (Å²) in [6.45, 7) is 0.215. The van der Waals surface area contributed by atoms with Gasteiger partial charge in [-0.15, -0.1) is 0 Å². The quantitative estimate of drug-likeness (QED) is 0.672. The molecule has 34 heavy (non-hydrogen) atoms. The maximum atomic E-state index is 13.2. The molecule has 2 N–H and O–H groups in total. The third-order valence-corrected chi connectivity index (χ3v) is 8.03. The van der Waals surface area contributed by atoms with Crippen LogP contribution in [0.4, 0.5) is 4.79 Å². The second-order valence-corrected chi connectivity index (χ2v) is 9.70. The molecule has 2 fully saturated rings. The van der Waals surface area contributed by atoms with E-state index in [1.807, 2.05) is 24.3 Å². The molecular formula is C27H30N2O5. The lowest BCUT2D eigenvalue weighted by Gasteiger charge is -2.46. The van der Waals surface area contributed by atoms with E-state index in [0.717, 1.165) is 24.0 Å². The maximum absolute atomic E-state index is 13.2. The number of likely N-dealkylation sites (N-methyl/N-ethyl adjacent to an activating group) is 1. The first-order valence-corrected chi connectivity index (χ1v) is 12.0. The van der Waals surface area contributed by atoms with Gasteiger partial charge in [0.25, 0.3) is 0 Å². The second kappa shape index (κ2) is 8.78. The minimum Gasteiger partial charge on any atom is -0.479 e. The molecule has 0 bridgehead atoms. The molecule has 2 amide bonds. The molecule has 0 unspecified atom stereocenters. The molecule has 7 nitrogen and oxygen atoms in total. The molecule has 2 saturated carbocycles. The standard InChI is InChI=1S/C27H30N2O5/c1-29(27(25(31)32)14-7-15-27)24(30)21-12-6-13-23(21)28-26(33)34-16-22-19-10-4-2-8-17(19)18-9-3-5-11-20(18)22/h2-5,8-11,21-23H,6-7,12-16H2,1H3,(H,28,33)(H,31,32)/t21-,23+/m1/s1. The lowest BCUT2D eigenvalue weighted by Crippen LogP contribution is -2.61. The summed E-state index contributed by atoms with van der Waals surface area (Å²) in [7, 11) is 1.58. The van der Waals surface area contributed by atoms with Crippen LogP contribution in [0.1, 0.15) is 55.6 Å². The first kappa shape index (κ1) is 22.4. The summed E-state index contributed by atoms with van der Waals surface area (Å²) in [5, 5.41) is 12.6. The normalized spacial score (nSPS) is 22.3. The average Bonchev–Trinajstić information content (AvgIpc) is 3.38. The van der Waals surface area contributed by atoms with Crippen LogP contribution in [-0.2, 0) is 14.3 Å². The number of carboxylic acids is 1. The fourth-order valence-corrected chi connectivity index (χ4v) is 5.88. The zero-order chi connectivity index (χ0) is 23.9. The Labute approximate surface area is 199 Å². The van der Waals surface area contributed by atoms with Gasteiger partial charge in [-0.1, -0.05) is 55.0 Å². The maximum Gasteiger partial charge on any atom is 0.407 e. The molecule has 0 radical (unpaired) electrons. The SMILES string of the molecule is CN(C(=O)[C@@H]1CCC[C@@H]1NC(=O)OCC1c2ccccc2-c2ccccc21)C1(C(=O)O)CCC1. The molecule has 2 atom stereocenters. The molecular weight excluding hydrogens is 432 g/mol. The Morgan fingerprint density at radius 3 is 2.18 bits per heavy atom. The van der Waals surface area contributed by atoms with E-state index in [-0.39, 0.29) is 24.5 Å². The highest BCUT2D eigenvalue weighted by Crippen LogP contribution is 2.44. The van der Waals surface area contributed by atoms with Crippen molar-refractivity contribution in [2.24, 2.45) is 5.92 Å². The molecule has 0 heterocycles. The number of hydrogen-bond donors (Lipinski definition) is 2. The van der Waals surface area contributed by atoms with Gasteiger partial charge >= 0.3 is 12.1 Å². The van der Waals surface area contributed by atoms with Crippen LogP contribution in [-0.4, -0.2) is 53.2 Å². The Kier molecular flexibility index (Phi) is 5.80. The third kappa shape index (κ3) is 3.63. The fourth-order valence-electron chi connectivity index (χ4n) is 5.88. The molecule has 0 saturated heterocycles. The molecule has 5 rings (SSSR count). The molecule has 7 heteroatoms. The number of ether oxygens (including phenoxy) is 1. The van der Waals surface area contributed by atoms with Gasteiger partial charge in [0.2, 0.25) is 5.91 Å². The highest BCUT2D eigenvalue weighted by molar-refractivity contribution is 5.89. The van der Waals surface area contributed by atoms with Crippen LogP contribution < -0.4 is 5.32 Å². The van der Waals surface area contributed by atoms with Crippen molar-refractivity contribution >= 4 is 18.0 Å². The van der Waals surface area contributed by atoms with Gasteiger partial charge in [0.05, 0.1) is 5.92 Å². The number of nitrogens with zero attached hydrogens (tertiary/aromatic N) is 1. The van der Waals surface area contributed by atoms with Crippen molar-refractivity contribution in [1.82, 2.24) is 10.2 Å². The number of carbonyl (C=O) groups excluding carboxylic acids is 2. The van der Waals surface area contributed by atoms with E-state index in [4.69, 9.17) is 4.74 Å². The number of carbonyl (C=O) groups is 3. The zero-order valence-corrected chi connectivity index (χ0v) is 19.3. The number of benzene rings is 2. The molecule has 3 aliphatic rings. The topological polar surface area (TPSA) is 95.9 Å². The van der Waals surface area contributed by atoms with E-state index in [2.05, 4.69) is 29.6 Å². The molecule has 0 spiro atoms. The molecule has 178 valence electrons. The molecule has 3 aliphatic carbocycles. The molecule has 0 aromatic heterocycles. The van der Waals surface area contributed by atoms with E-state index >= 15 is 0 Å². The second-order valence-electron chi connectivity index (χ2n) is 9.70. The van der Waals surface area contributed by atoms with Crippen molar-refractivity contribution in [2.75, 3.05) is 13.7 Å². The first-order chi connectivity index (χ1) is 16.4. The van der Waals surface area contributed by atoms with E-state index in [9.17, 15) is 19.5 Å². The number of aliphatic carboxylic acids is 1. The predicted molar refractivity (Wildman–Crippen MR) is 126 cm³/mol. The summed E-state index contributed by atoms with van der Waals surface area (Å²) >= 11 is 0. The Balaban J connectivity index is 1.23. The number of amides is 2.